The summed E-state index contributed by atoms with van der Waals surface area (Å²) >= 11 is 0. The van der Waals surface area contributed by atoms with Gasteiger partial charge < -0.3 is 5.32 Å². The molecular weight excluding hydrogens is 592 g/mol. The van der Waals surface area contributed by atoms with Crippen molar-refractivity contribution < 1.29 is 22.0 Å². The van der Waals surface area contributed by atoms with Crippen LogP contribution in [-0.4, -0.2) is 42.7 Å². The quantitative estimate of drug-likeness (QED) is 0.242. The maximum atomic E-state index is 13.0. The number of hydrogen-bond donors (Lipinski definition) is 1. The Kier molecular flexibility index (Phi) is 13.0. The van der Waals surface area contributed by atoms with E-state index in [0.29, 0.717) is 31.5 Å². The standard InChI is InChI=1S/C26H35N3O3S.C10H12F2/c1-5-8-19(3)24(6-2)25-17-21(11-10-20(25)4)26(30)28-22-12-15-29(16-13-22)33(31,32)23-9-7-14-27-18-23;1-3-8-4-6-9(7-5-8)10(2,11)12/h7,9-11,14,17-18,22H,5-6,8,12-13,15-16H2,1-4H3,(H,28,30);4-7H,3H2,1-2H3/b24-19+;. The van der Waals surface area contributed by atoms with Crippen LogP contribution in [0.15, 0.2) is 77.5 Å². The van der Waals surface area contributed by atoms with Crippen molar-refractivity contribution in [2.75, 3.05) is 13.1 Å². The van der Waals surface area contributed by atoms with Crippen LogP contribution in [0.3, 0.4) is 0 Å². The third-order valence-electron chi connectivity index (χ3n) is 8.25. The molecule has 0 saturated carbocycles. The van der Waals surface area contributed by atoms with Gasteiger partial charge in [-0.1, -0.05) is 63.1 Å². The molecule has 2 heterocycles. The first-order chi connectivity index (χ1) is 21.3. The number of hydrogen-bond acceptors (Lipinski definition) is 4. The molecule has 9 heteroatoms. The average molecular weight is 640 g/mol. The second-order valence-corrected chi connectivity index (χ2v) is 13.6. The molecule has 0 radical (unpaired) electrons. The second-order valence-electron chi connectivity index (χ2n) is 11.7. The maximum absolute atomic E-state index is 13.0. The number of nitrogens with zero attached hydrogens (tertiary/aromatic N) is 2. The molecule has 1 aliphatic rings. The zero-order valence-electron chi connectivity index (χ0n) is 27.4. The lowest BCUT2D eigenvalue weighted by Gasteiger charge is -2.31. The minimum absolute atomic E-state index is 0.0504. The summed E-state index contributed by atoms with van der Waals surface area (Å²) in [4.78, 5) is 17.1. The molecule has 0 atom stereocenters. The Labute approximate surface area is 268 Å². The molecule has 3 aromatic rings. The van der Waals surface area contributed by atoms with Crippen LogP contribution in [-0.2, 0) is 22.4 Å². The number of rotatable bonds is 10. The third kappa shape index (κ3) is 9.78. The van der Waals surface area contributed by atoms with Gasteiger partial charge in [0.05, 0.1) is 0 Å². The lowest BCUT2D eigenvalue weighted by molar-refractivity contribution is 0.0174. The Morgan fingerprint density at radius 2 is 1.71 bits per heavy atom. The minimum Gasteiger partial charge on any atom is -0.349 e. The Bertz CT molecular complexity index is 1540. The van der Waals surface area contributed by atoms with Crippen LogP contribution in [0.2, 0.25) is 0 Å². The van der Waals surface area contributed by atoms with Crippen LogP contribution in [0.1, 0.15) is 99.3 Å². The number of aromatic nitrogens is 1. The predicted molar refractivity (Wildman–Crippen MR) is 178 cm³/mol. The molecule has 1 N–H and O–H groups in total. The van der Waals surface area contributed by atoms with Crippen molar-refractivity contribution in [2.45, 2.75) is 96.9 Å². The number of halogens is 2. The first kappa shape index (κ1) is 36.0. The van der Waals surface area contributed by atoms with Crippen molar-refractivity contribution in [3.8, 4) is 0 Å². The van der Waals surface area contributed by atoms with Crippen LogP contribution < -0.4 is 5.32 Å². The molecule has 4 rings (SSSR count). The van der Waals surface area contributed by atoms with E-state index < -0.39 is 15.9 Å². The number of aryl methyl sites for hydroxylation is 2. The molecular formula is C36H47F2N3O3S. The highest BCUT2D eigenvalue weighted by atomic mass is 32.2. The zero-order chi connectivity index (χ0) is 33.2. The van der Waals surface area contributed by atoms with Gasteiger partial charge in [0.2, 0.25) is 10.0 Å². The fourth-order valence-corrected chi connectivity index (χ4v) is 6.96. The Morgan fingerprint density at radius 1 is 1.04 bits per heavy atom. The van der Waals surface area contributed by atoms with E-state index >= 15 is 0 Å². The number of pyridine rings is 1. The number of amides is 1. The number of carbonyl (C=O) groups is 1. The Morgan fingerprint density at radius 3 is 2.24 bits per heavy atom. The molecule has 2 aromatic carbocycles. The smallest absolute Gasteiger partial charge is 0.270 e. The van der Waals surface area contributed by atoms with Gasteiger partial charge in [-0.2, -0.15) is 4.31 Å². The molecule has 45 heavy (non-hydrogen) atoms. The van der Waals surface area contributed by atoms with Gasteiger partial charge in [-0.3, -0.25) is 9.78 Å². The number of sulfonamides is 1. The third-order valence-corrected chi connectivity index (χ3v) is 10.1. The van der Waals surface area contributed by atoms with Crippen molar-refractivity contribution in [2.24, 2.45) is 0 Å². The Hall–Kier alpha value is -3.43. The lowest BCUT2D eigenvalue weighted by atomic mass is 9.91. The molecule has 1 fully saturated rings. The average Bonchev–Trinajstić information content (AvgIpc) is 3.03. The van der Waals surface area contributed by atoms with Gasteiger partial charge in [-0.05, 0) is 92.5 Å². The van der Waals surface area contributed by atoms with Gasteiger partial charge in [0.1, 0.15) is 4.90 Å². The van der Waals surface area contributed by atoms with Crippen molar-refractivity contribution in [3.63, 3.8) is 0 Å². The predicted octanol–water partition coefficient (Wildman–Crippen LogP) is 8.32. The summed E-state index contributed by atoms with van der Waals surface area (Å²) in [7, 11) is -3.55. The SMILES string of the molecule is CCC/C(C)=C(\CC)c1cc(C(=O)NC2CCN(S(=O)(=O)c3cccnc3)CC2)ccc1C.CCc1ccc(C(C)(F)F)cc1. The maximum Gasteiger partial charge on any atom is 0.270 e. The molecule has 1 aromatic heterocycles. The number of benzene rings is 2. The van der Waals surface area contributed by atoms with Gasteiger partial charge in [0.25, 0.3) is 11.8 Å². The summed E-state index contributed by atoms with van der Waals surface area (Å²) in [5.41, 5.74) is 6.83. The van der Waals surface area contributed by atoms with Gasteiger partial charge in [0, 0.05) is 49.6 Å². The van der Waals surface area contributed by atoms with E-state index in [2.05, 4.69) is 38.0 Å². The zero-order valence-corrected chi connectivity index (χ0v) is 28.2. The molecule has 0 aliphatic carbocycles. The summed E-state index contributed by atoms with van der Waals surface area (Å²) in [6.45, 7) is 12.3. The molecule has 1 saturated heterocycles. The van der Waals surface area contributed by atoms with Crippen molar-refractivity contribution in [3.05, 3.63) is 100 Å². The molecule has 6 nitrogen and oxygen atoms in total. The van der Waals surface area contributed by atoms with Crippen LogP contribution in [0.25, 0.3) is 5.57 Å². The van der Waals surface area contributed by atoms with Crippen molar-refractivity contribution in [1.29, 1.82) is 0 Å². The summed E-state index contributed by atoms with van der Waals surface area (Å²) in [5.74, 6) is -2.82. The molecule has 0 unspecified atom stereocenters. The number of alkyl halides is 2. The van der Waals surface area contributed by atoms with Gasteiger partial charge in [-0.25, -0.2) is 17.2 Å². The molecule has 244 valence electrons. The fourth-order valence-electron chi connectivity index (χ4n) is 5.53. The van der Waals surface area contributed by atoms with E-state index in [1.807, 2.05) is 25.1 Å². The highest BCUT2D eigenvalue weighted by molar-refractivity contribution is 7.89. The van der Waals surface area contributed by atoms with E-state index in [1.165, 1.54) is 39.3 Å². The topological polar surface area (TPSA) is 79.4 Å². The fraction of sp³-hybridized carbons (Fsp3) is 0.444. The highest BCUT2D eigenvalue weighted by Gasteiger charge is 2.30. The summed E-state index contributed by atoms with van der Waals surface area (Å²) in [6.07, 6.45) is 8.07. The van der Waals surface area contributed by atoms with E-state index in [-0.39, 0.29) is 22.4 Å². The second kappa shape index (κ2) is 16.2. The highest BCUT2D eigenvalue weighted by Crippen LogP contribution is 2.29. The van der Waals surface area contributed by atoms with Crippen LogP contribution in [0.5, 0.6) is 0 Å². The molecule has 0 spiro atoms. The van der Waals surface area contributed by atoms with Crippen LogP contribution in [0.4, 0.5) is 8.78 Å². The van der Waals surface area contributed by atoms with E-state index in [0.717, 1.165) is 43.7 Å². The Balaban J connectivity index is 0.000000385. The summed E-state index contributed by atoms with van der Waals surface area (Å²) in [5, 5.41) is 3.12. The van der Waals surface area contributed by atoms with Gasteiger partial charge in [0.15, 0.2) is 0 Å². The summed E-state index contributed by atoms with van der Waals surface area (Å²) < 4.78 is 52.4. The van der Waals surface area contributed by atoms with Crippen molar-refractivity contribution >= 4 is 21.5 Å². The van der Waals surface area contributed by atoms with Crippen LogP contribution in [0, 0.1) is 6.92 Å². The van der Waals surface area contributed by atoms with Crippen molar-refractivity contribution in [1.82, 2.24) is 14.6 Å². The number of piperidine rings is 1. The first-order valence-electron chi connectivity index (χ1n) is 15.8. The normalized spacial score (nSPS) is 15.1. The molecule has 0 bridgehead atoms. The first-order valence-corrected chi connectivity index (χ1v) is 17.2. The molecule has 1 amide bonds. The van der Waals surface area contributed by atoms with Crippen LogP contribution >= 0.6 is 0 Å². The van der Waals surface area contributed by atoms with E-state index in [1.54, 1.807) is 30.5 Å². The molecule has 1 aliphatic heterocycles. The summed E-state index contributed by atoms with van der Waals surface area (Å²) in [6, 6.07) is 15.5. The minimum atomic E-state index is -3.55. The number of carbonyl (C=O) groups excluding carboxylic acids is 1. The largest absolute Gasteiger partial charge is 0.349 e. The van der Waals surface area contributed by atoms with Gasteiger partial charge >= 0.3 is 0 Å². The number of allylic oxidation sites excluding steroid dienone is 2. The van der Waals surface area contributed by atoms with E-state index in [4.69, 9.17) is 0 Å². The van der Waals surface area contributed by atoms with E-state index in [9.17, 15) is 22.0 Å². The lowest BCUT2D eigenvalue weighted by Crippen LogP contribution is -2.46. The monoisotopic (exact) mass is 639 g/mol. The number of nitrogens with one attached hydrogen (secondary N) is 1. The van der Waals surface area contributed by atoms with Gasteiger partial charge in [-0.15, -0.1) is 0 Å².